The van der Waals surface area contributed by atoms with E-state index in [0.29, 0.717) is 17.7 Å². The number of hydrogen-bond acceptors (Lipinski definition) is 2. The summed E-state index contributed by atoms with van der Waals surface area (Å²) in [6, 6.07) is 19.7. The van der Waals surface area contributed by atoms with Gasteiger partial charge in [0.1, 0.15) is 0 Å². The van der Waals surface area contributed by atoms with Crippen molar-refractivity contribution in [3.8, 4) is 0 Å². The molecule has 0 aliphatic carbocycles. The van der Waals surface area contributed by atoms with E-state index in [1.807, 2.05) is 67.6 Å². The molecule has 2 heteroatoms. The van der Waals surface area contributed by atoms with E-state index in [-0.39, 0.29) is 5.78 Å². The van der Waals surface area contributed by atoms with Gasteiger partial charge in [0.15, 0.2) is 5.78 Å². The molecule has 104 valence electrons. The van der Waals surface area contributed by atoms with Crippen molar-refractivity contribution in [2.45, 2.75) is 13.3 Å². The molecule has 3 rings (SSSR count). The molecule has 2 N–H and O–H groups in total. The van der Waals surface area contributed by atoms with Gasteiger partial charge in [-0.3, -0.25) is 4.79 Å². The predicted octanol–water partition coefficient (Wildman–Crippen LogP) is 4.16. The van der Waals surface area contributed by atoms with Crippen LogP contribution in [-0.4, -0.2) is 5.78 Å². The first-order valence-electron chi connectivity index (χ1n) is 7.00. The van der Waals surface area contributed by atoms with Crippen LogP contribution < -0.4 is 5.73 Å². The maximum absolute atomic E-state index is 12.5. The average Bonchev–Trinajstić information content (AvgIpc) is 2.49. The van der Waals surface area contributed by atoms with Crippen molar-refractivity contribution >= 4 is 22.2 Å². The maximum atomic E-state index is 12.5. The molecule has 0 aliphatic heterocycles. The Morgan fingerprint density at radius 1 is 0.952 bits per heavy atom. The smallest absolute Gasteiger partial charge is 0.169 e. The number of Topliss-reactive ketones (excluding diaryl/α,β-unsaturated/α-hetero) is 1. The van der Waals surface area contributed by atoms with Crippen LogP contribution in [0.25, 0.3) is 10.8 Å². The number of anilines is 1. The average molecular weight is 275 g/mol. The number of hydrogen-bond donors (Lipinski definition) is 1. The molecular formula is C19H17NO. The highest BCUT2D eigenvalue weighted by Crippen LogP contribution is 2.23. The van der Waals surface area contributed by atoms with E-state index in [9.17, 15) is 4.79 Å². The van der Waals surface area contributed by atoms with E-state index in [1.54, 1.807) is 0 Å². The number of carbonyl (C=O) groups is 1. The Hall–Kier alpha value is -2.61. The molecule has 0 unspecified atom stereocenters. The summed E-state index contributed by atoms with van der Waals surface area (Å²) in [4.78, 5) is 12.5. The number of rotatable bonds is 3. The summed E-state index contributed by atoms with van der Waals surface area (Å²) in [5.74, 6) is 0.0575. The molecule has 0 heterocycles. The van der Waals surface area contributed by atoms with Gasteiger partial charge in [-0.1, -0.05) is 54.1 Å². The number of carbonyl (C=O) groups excluding carboxylic acids is 1. The van der Waals surface area contributed by atoms with Crippen molar-refractivity contribution in [1.82, 2.24) is 0 Å². The minimum Gasteiger partial charge on any atom is -0.398 e. The van der Waals surface area contributed by atoms with Gasteiger partial charge in [-0.15, -0.1) is 0 Å². The van der Waals surface area contributed by atoms with Gasteiger partial charge in [0.25, 0.3) is 0 Å². The Morgan fingerprint density at radius 2 is 1.57 bits per heavy atom. The molecule has 0 fully saturated rings. The number of nitrogen functional groups attached to an aromatic ring is 1. The molecule has 0 saturated heterocycles. The molecule has 0 atom stereocenters. The van der Waals surface area contributed by atoms with Crippen LogP contribution in [-0.2, 0) is 6.42 Å². The quantitative estimate of drug-likeness (QED) is 0.576. The summed E-state index contributed by atoms with van der Waals surface area (Å²) >= 11 is 0. The Kier molecular flexibility index (Phi) is 3.44. The summed E-state index contributed by atoms with van der Waals surface area (Å²) in [6.45, 7) is 2.03. The van der Waals surface area contributed by atoms with Gasteiger partial charge in [-0.05, 0) is 35.4 Å². The van der Waals surface area contributed by atoms with Crippen LogP contribution in [0.4, 0.5) is 5.69 Å². The number of ketones is 1. The fourth-order valence-electron chi connectivity index (χ4n) is 2.49. The lowest BCUT2D eigenvalue weighted by Crippen LogP contribution is -2.07. The normalized spacial score (nSPS) is 10.7. The second-order valence-corrected chi connectivity index (χ2v) is 5.37. The first kappa shape index (κ1) is 13.4. The van der Waals surface area contributed by atoms with Gasteiger partial charge in [-0.2, -0.15) is 0 Å². The zero-order valence-electron chi connectivity index (χ0n) is 12.0. The number of fused-ring (bicyclic) bond motifs is 1. The summed E-state index contributed by atoms with van der Waals surface area (Å²) in [5.41, 5.74) is 9.40. The van der Waals surface area contributed by atoms with Gasteiger partial charge in [-0.25, -0.2) is 0 Å². The molecule has 0 radical (unpaired) electrons. The molecule has 0 aliphatic rings. The Bertz CT molecular complexity index is 803. The molecule has 0 aromatic heterocycles. The van der Waals surface area contributed by atoms with Crippen molar-refractivity contribution in [2.75, 3.05) is 5.73 Å². The highest BCUT2D eigenvalue weighted by Gasteiger charge is 2.11. The Balaban J connectivity index is 1.93. The SMILES string of the molecule is Cc1ccc(CC(=O)c2cc3ccccc3cc2N)cc1. The first-order valence-corrected chi connectivity index (χ1v) is 7.00. The van der Waals surface area contributed by atoms with Crippen molar-refractivity contribution in [3.63, 3.8) is 0 Å². The number of nitrogens with two attached hydrogens (primary N) is 1. The molecule has 3 aromatic rings. The minimum absolute atomic E-state index is 0.0575. The van der Waals surface area contributed by atoms with E-state index >= 15 is 0 Å². The summed E-state index contributed by atoms with van der Waals surface area (Å²) in [6.07, 6.45) is 0.378. The van der Waals surface area contributed by atoms with E-state index in [1.165, 1.54) is 5.56 Å². The third kappa shape index (κ3) is 2.79. The van der Waals surface area contributed by atoms with Gasteiger partial charge >= 0.3 is 0 Å². The van der Waals surface area contributed by atoms with Gasteiger partial charge in [0.2, 0.25) is 0 Å². The molecule has 0 amide bonds. The largest absolute Gasteiger partial charge is 0.398 e. The first-order chi connectivity index (χ1) is 10.1. The van der Waals surface area contributed by atoms with Crippen LogP contribution in [0, 0.1) is 6.92 Å². The second-order valence-electron chi connectivity index (χ2n) is 5.37. The van der Waals surface area contributed by atoms with E-state index < -0.39 is 0 Å². The Morgan fingerprint density at radius 3 is 2.24 bits per heavy atom. The van der Waals surface area contributed by atoms with Crippen LogP contribution in [0.15, 0.2) is 60.7 Å². The fourth-order valence-corrected chi connectivity index (χ4v) is 2.49. The topological polar surface area (TPSA) is 43.1 Å². The van der Waals surface area contributed by atoms with Crippen LogP contribution in [0.2, 0.25) is 0 Å². The third-order valence-corrected chi connectivity index (χ3v) is 3.70. The van der Waals surface area contributed by atoms with Crippen LogP contribution >= 0.6 is 0 Å². The van der Waals surface area contributed by atoms with E-state index in [4.69, 9.17) is 5.73 Å². The lowest BCUT2D eigenvalue weighted by molar-refractivity contribution is 0.0994. The molecule has 3 aromatic carbocycles. The van der Waals surface area contributed by atoms with E-state index in [0.717, 1.165) is 16.3 Å². The highest BCUT2D eigenvalue weighted by molar-refractivity contribution is 6.05. The predicted molar refractivity (Wildman–Crippen MR) is 87.6 cm³/mol. The minimum atomic E-state index is 0.0575. The lowest BCUT2D eigenvalue weighted by atomic mass is 9.98. The summed E-state index contributed by atoms with van der Waals surface area (Å²) in [7, 11) is 0. The van der Waals surface area contributed by atoms with Crippen LogP contribution in [0.3, 0.4) is 0 Å². The number of aryl methyl sites for hydroxylation is 1. The van der Waals surface area contributed by atoms with Crippen molar-refractivity contribution in [2.24, 2.45) is 0 Å². The Labute approximate surface area is 124 Å². The molecule has 0 bridgehead atoms. The summed E-state index contributed by atoms with van der Waals surface area (Å²) < 4.78 is 0. The fraction of sp³-hybridized carbons (Fsp3) is 0.105. The standard InChI is InChI=1S/C19H17NO/c1-13-6-8-14(9-7-13)10-19(21)17-11-15-4-2-3-5-16(15)12-18(17)20/h2-9,11-12H,10,20H2,1H3. The molecular weight excluding hydrogens is 258 g/mol. The molecule has 0 spiro atoms. The van der Waals surface area contributed by atoms with Gasteiger partial charge in [0, 0.05) is 17.7 Å². The summed E-state index contributed by atoms with van der Waals surface area (Å²) in [5, 5.41) is 2.10. The number of benzene rings is 3. The van der Waals surface area contributed by atoms with E-state index in [2.05, 4.69) is 0 Å². The maximum Gasteiger partial charge on any atom is 0.169 e. The van der Waals surface area contributed by atoms with Gasteiger partial charge in [0.05, 0.1) is 0 Å². The highest BCUT2D eigenvalue weighted by atomic mass is 16.1. The van der Waals surface area contributed by atoms with Crippen molar-refractivity contribution < 1.29 is 4.79 Å². The van der Waals surface area contributed by atoms with Crippen LogP contribution in [0.1, 0.15) is 21.5 Å². The molecule has 2 nitrogen and oxygen atoms in total. The zero-order valence-corrected chi connectivity index (χ0v) is 12.0. The lowest BCUT2D eigenvalue weighted by Gasteiger charge is -2.08. The van der Waals surface area contributed by atoms with Crippen LogP contribution in [0.5, 0.6) is 0 Å². The zero-order chi connectivity index (χ0) is 14.8. The van der Waals surface area contributed by atoms with Gasteiger partial charge < -0.3 is 5.73 Å². The monoisotopic (exact) mass is 275 g/mol. The molecule has 0 saturated carbocycles. The second kappa shape index (κ2) is 5.41. The van der Waals surface area contributed by atoms with Crippen molar-refractivity contribution in [1.29, 1.82) is 0 Å². The van der Waals surface area contributed by atoms with Crippen molar-refractivity contribution in [3.05, 3.63) is 77.4 Å². The third-order valence-electron chi connectivity index (χ3n) is 3.70. The molecule has 21 heavy (non-hydrogen) atoms.